The molecule has 0 saturated carbocycles. The van der Waals surface area contributed by atoms with Crippen molar-refractivity contribution in [3.05, 3.63) is 39.7 Å². The number of rotatable bonds is 5. The summed E-state index contributed by atoms with van der Waals surface area (Å²) in [5, 5.41) is 3.85. The molecule has 0 radical (unpaired) electrons. The second-order valence-corrected chi connectivity index (χ2v) is 5.08. The zero-order valence-corrected chi connectivity index (χ0v) is 12.8. The minimum Gasteiger partial charge on any atom is -0.467 e. The average Bonchev–Trinajstić information content (AvgIpc) is 3.06. The number of nitrogens with one attached hydrogen (secondary N) is 1. The van der Waals surface area contributed by atoms with Crippen molar-refractivity contribution in [2.75, 3.05) is 6.54 Å². The van der Waals surface area contributed by atoms with Gasteiger partial charge in [0.2, 0.25) is 0 Å². The maximum atomic E-state index is 12.4. The third kappa shape index (κ3) is 4.72. The van der Waals surface area contributed by atoms with Crippen LogP contribution in [0, 0.1) is 0 Å². The Balaban J connectivity index is 0.00000242. The number of aromatic nitrogens is 1. The van der Waals surface area contributed by atoms with Crippen LogP contribution in [0.1, 0.15) is 26.8 Å². The minimum atomic E-state index is -4.44. The largest absolute Gasteiger partial charge is 0.467 e. The van der Waals surface area contributed by atoms with Crippen LogP contribution in [0.4, 0.5) is 13.2 Å². The molecule has 0 saturated heterocycles. The molecule has 0 unspecified atom stereocenters. The fourth-order valence-electron chi connectivity index (χ4n) is 1.55. The molecule has 0 atom stereocenters. The SMILES string of the molecule is Cl.NCc1cc(C(=O)NCCc2nc(C(F)(F)F)cs2)co1. The Labute approximate surface area is 134 Å². The predicted octanol–water partition coefficient (Wildman–Crippen LogP) is 2.61. The number of carbonyl (C=O) groups is 1. The van der Waals surface area contributed by atoms with Crippen molar-refractivity contribution >= 4 is 29.7 Å². The third-order valence-electron chi connectivity index (χ3n) is 2.58. The number of amides is 1. The Kier molecular flexibility index (Phi) is 6.39. The molecule has 1 amide bonds. The van der Waals surface area contributed by atoms with Gasteiger partial charge in [-0.05, 0) is 6.07 Å². The molecule has 22 heavy (non-hydrogen) atoms. The molecule has 0 aliphatic heterocycles. The number of halogens is 4. The summed E-state index contributed by atoms with van der Waals surface area (Å²) in [4.78, 5) is 15.2. The first-order valence-corrected chi connectivity index (χ1v) is 6.85. The molecular formula is C12H13ClF3N3O2S. The van der Waals surface area contributed by atoms with E-state index in [9.17, 15) is 18.0 Å². The Morgan fingerprint density at radius 1 is 1.45 bits per heavy atom. The predicted molar refractivity (Wildman–Crippen MR) is 77.0 cm³/mol. The summed E-state index contributed by atoms with van der Waals surface area (Å²) in [6.07, 6.45) is -2.93. The van der Waals surface area contributed by atoms with Gasteiger partial charge in [0.25, 0.3) is 5.91 Å². The molecule has 5 nitrogen and oxygen atoms in total. The van der Waals surface area contributed by atoms with Gasteiger partial charge in [-0.2, -0.15) is 13.2 Å². The highest BCUT2D eigenvalue weighted by Gasteiger charge is 2.33. The van der Waals surface area contributed by atoms with Crippen molar-refractivity contribution in [1.82, 2.24) is 10.3 Å². The first-order chi connectivity index (χ1) is 9.90. The molecule has 0 fully saturated rings. The van der Waals surface area contributed by atoms with Crippen LogP contribution in [0.5, 0.6) is 0 Å². The van der Waals surface area contributed by atoms with Crippen LogP contribution >= 0.6 is 23.7 Å². The number of furan rings is 1. The fourth-order valence-corrected chi connectivity index (χ4v) is 2.35. The van der Waals surface area contributed by atoms with Gasteiger partial charge in [0.1, 0.15) is 12.0 Å². The van der Waals surface area contributed by atoms with E-state index in [4.69, 9.17) is 10.2 Å². The number of nitrogens with two attached hydrogens (primary N) is 1. The molecule has 3 N–H and O–H groups in total. The van der Waals surface area contributed by atoms with Gasteiger partial charge in [-0.15, -0.1) is 23.7 Å². The van der Waals surface area contributed by atoms with E-state index in [1.54, 1.807) is 0 Å². The molecule has 0 aliphatic carbocycles. The number of hydrogen-bond donors (Lipinski definition) is 2. The van der Waals surface area contributed by atoms with Crippen LogP contribution in [0.25, 0.3) is 0 Å². The molecule has 2 aromatic heterocycles. The van der Waals surface area contributed by atoms with Crippen LogP contribution in [-0.4, -0.2) is 17.4 Å². The average molecular weight is 356 g/mol. The van der Waals surface area contributed by atoms with Gasteiger partial charge in [0.05, 0.1) is 17.1 Å². The first kappa shape index (κ1) is 18.5. The number of thiazole rings is 1. The monoisotopic (exact) mass is 355 g/mol. The van der Waals surface area contributed by atoms with Gasteiger partial charge in [0.15, 0.2) is 5.69 Å². The molecular weight excluding hydrogens is 343 g/mol. The summed E-state index contributed by atoms with van der Waals surface area (Å²) < 4.78 is 42.1. The van der Waals surface area contributed by atoms with Crippen LogP contribution in [0.3, 0.4) is 0 Å². The minimum absolute atomic E-state index is 0. The van der Waals surface area contributed by atoms with E-state index in [0.717, 1.165) is 16.7 Å². The van der Waals surface area contributed by atoms with E-state index >= 15 is 0 Å². The van der Waals surface area contributed by atoms with Crippen LogP contribution < -0.4 is 11.1 Å². The van der Waals surface area contributed by atoms with Gasteiger partial charge < -0.3 is 15.5 Å². The maximum absolute atomic E-state index is 12.4. The Hall–Kier alpha value is -1.58. The molecule has 0 spiro atoms. The maximum Gasteiger partial charge on any atom is 0.434 e. The normalized spacial score (nSPS) is 11.1. The lowest BCUT2D eigenvalue weighted by Crippen LogP contribution is -2.25. The quantitative estimate of drug-likeness (QED) is 0.863. The number of nitrogens with zero attached hydrogens (tertiary/aromatic N) is 1. The van der Waals surface area contributed by atoms with E-state index in [1.165, 1.54) is 12.3 Å². The highest BCUT2D eigenvalue weighted by molar-refractivity contribution is 7.09. The molecule has 2 rings (SSSR count). The highest BCUT2D eigenvalue weighted by atomic mass is 35.5. The van der Waals surface area contributed by atoms with E-state index < -0.39 is 11.9 Å². The summed E-state index contributed by atoms with van der Waals surface area (Å²) in [6.45, 7) is 0.374. The summed E-state index contributed by atoms with van der Waals surface area (Å²) >= 11 is 0.914. The molecule has 10 heteroatoms. The smallest absolute Gasteiger partial charge is 0.434 e. The van der Waals surface area contributed by atoms with Gasteiger partial charge >= 0.3 is 6.18 Å². The summed E-state index contributed by atoms with van der Waals surface area (Å²) in [5.41, 5.74) is 4.77. The van der Waals surface area contributed by atoms with Gasteiger partial charge in [0, 0.05) is 18.3 Å². The van der Waals surface area contributed by atoms with E-state index in [2.05, 4.69) is 10.3 Å². The molecule has 0 aliphatic rings. The standard InChI is InChI=1S/C12H12F3N3O2S.ClH/c13-12(14,15)9-6-21-10(18-9)1-2-17-11(19)7-3-8(4-16)20-5-7;/h3,5-6H,1-2,4,16H2,(H,17,19);1H. The second-order valence-electron chi connectivity index (χ2n) is 4.14. The van der Waals surface area contributed by atoms with Gasteiger partial charge in [-0.1, -0.05) is 0 Å². The lowest BCUT2D eigenvalue weighted by molar-refractivity contribution is -0.140. The van der Waals surface area contributed by atoms with Crippen molar-refractivity contribution < 1.29 is 22.4 Å². The van der Waals surface area contributed by atoms with Crippen LogP contribution in [-0.2, 0) is 19.1 Å². The van der Waals surface area contributed by atoms with E-state index in [0.29, 0.717) is 16.3 Å². The Bertz CT molecular complexity index is 627. The Morgan fingerprint density at radius 2 is 2.18 bits per heavy atom. The molecule has 0 aromatic carbocycles. The summed E-state index contributed by atoms with van der Waals surface area (Å²) in [6, 6.07) is 1.51. The van der Waals surface area contributed by atoms with Crippen molar-refractivity contribution in [2.24, 2.45) is 5.73 Å². The number of hydrogen-bond acceptors (Lipinski definition) is 5. The zero-order chi connectivity index (χ0) is 15.5. The van der Waals surface area contributed by atoms with E-state index in [1.807, 2.05) is 0 Å². The molecule has 2 heterocycles. The van der Waals surface area contributed by atoms with Gasteiger partial charge in [-0.3, -0.25) is 4.79 Å². The van der Waals surface area contributed by atoms with Crippen molar-refractivity contribution in [3.8, 4) is 0 Å². The van der Waals surface area contributed by atoms with Crippen LogP contribution in [0.2, 0.25) is 0 Å². The van der Waals surface area contributed by atoms with Crippen molar-refractivity contribution in [1.29, 1.82) is 0 Å². The number of carbonyl (C=O) groups excluding carboxylic acids is 1. The summed E-state index contributed by atoms with van der Waals surface area (Å²) in [5.74, 6) is 0.112. The lowest BCUT2D eigenvalue weighted by Gasteiger charge is -2.02. The van der Waals surface area contributed by atoms with Gasteiger partial charge in [-0.25, -0.2) is 4.98 Å². The van der Waals surface area contributed by atoms with Crippen LogP contribution in [0.15, 0.2) is 22.1 Å². The molecule has 2 aromatic rings. The molecule has 0 bridgehead atoms. The Morgan fingerprint density at radius 3 is 2.73 bits per heavy atom. The summed E-state index contributed by atoms with van der Waals surface area (Å²) in [7, 11) is 0. The topological polar surface area (TPSA) is 81.2 Å². The third-order valence-corrected chi connectivity index (χ3v) is 3.49. The van der Waals surface area contributed by atoms with E-state index in [-0.39, 0.29) is 37.8 Å². The highest BCUT2D eigenvalue weighted by Crippen LogP contribution is 2.29. The fraction of sp³-hybridized carbons (Fsp3) is 0.333. The first-order valence-electron chi connectivity index (χ1n) is 5.97. The lowest BCUT2D eigenvalue weighted by atomic mass is 10.3. The number of alkyl halides is 3. The zero-order valence-electron chi connectivity index (χ0n) is 11.1. The second kappa shape index (κ2) is 7.61. The van der Waals surface area contributed by atoms with Crippen molar-refractivity contribution in [3.63, 3.8) is 0 Å². The van der Waals surface area contributed by atoms with Crippen molar-refractivity contribution in [2.45, 2.75) is 19.1 Å². The molecule has 122 valence electrons.